The molecule has 0 fully saturated rings. The van der Waals surface area contributed by atoms with E-state index in [9.17, 15) is 9.18 Å². The highest BCUT2D eigenvalue weighted by Gasteiger charge is 2.10. The molecule has 1 aromatic heterocycles. The Hall–Kier alpha value is -1.39. The first-order chi connectivity index (χ1) is 6.15. The lowest BCUT2D eigenvalue weighted by Gasteiger charge is -2.01. The van der Waals surface area contributed by atoms with Crippen molar-refractivity contribution in [3.63, 3.8) is 0 Å². The topological polar surface area (TPSA) is 46.9 Å². The molecular formula is C8H12FN3O. The zero-order chi connectivity index (χ0) is 9.84. The Balaban J connectivity index is 2.70. The van der Waals surface area contributed by atoms with Crippen molar-refractivity contribution < 1.29 is 9.18 Å². The van der Waals surface area contributed by atoms with Gasteiger partial charge in [-0.3, -0.25) is 9.48 Å². The number of carbonyl (C=O) groups excluding carboxylic acids is 1. The van der Waals surface area contributed by atoms with Crippen LogP contribution in [0.5, 0.6) is 0 Å². The number of carbonyl (C=O) groups is 1. The maximum atomic E-state index is 11.7. The number of nitrogens with one attached hydrogen (secondary N) is 1. The molecule has 0 atom stereocenters. The van der Waals surface area contributed by atoms with Crippen LogP contribution in [0.1, 0.15) is 16.2 Å². The van der Waals surface area contributed by atoms with Crippen LogP contribution in [-0.4, -0.2) is 28.9 Å². The average Bonchev–Trinajstić information content (AvgIpc) is 2.41. The molecule has 0 aliphatic rings. The Morgan fingerprint density at radius 2 is 2.46 bits per heavy atom. The third-order valence-electron chi connectivity index (χ3n) is 1.61. The van der Waals surface area contributed by atoms with Crippen LogP contribution in [0.4, 0.5) is 4.39 Å². The molecule has 72 valence electrons. The Morgan fingerprint density at radius 1 is 1.77 bits per heavy atom. The van der Waals surface area contributed by atoms with Gasteiger partial charge in [-0.25, -0.2) is 4.39 Å². The molecule has 0 saturated heterocycles. The molecule has 0 aliphatic carbocycles. The van der Waals surface area contributed by atoms with Gasteiger partial charge >= 0.3 is 0 Å². The first kappa shape index (κ1) is 9.70. The lowest BCUT2D eigenvalue weighted by atomic mass is 10.3. The molecule has 1 heterocycles. The molecule has 0 aliphatic heterocycles. The Bertz CT molecular complexity index is 308. The van der Waals surface area contributed by atoms with Gasteiger partial charge in [-0.15, -0.1) is 0 Å². The summed E-state index contributed by atoms with van der Waals surface area (Å²) in [5.74, 6) is -0.291. The highest BCUT2D eigenvalue weighted by molar-refractivity contribution is 5.92. The first-order valence-corrected chi connectivity index (χ1v) is 4.00. The van der Waals surface area contributed by atoms with E-state index < -0.39 is 6.67 Å². The Morgan fingerprint density at radius 3 is 2.92 bits per heavy atom. The van der Waals surface area contributed by atoms with Gasteiger partial charge in [-0.1, -0.05) is 0 Å². The number of aromatic nitrogens is 2. The molecule has 0 aromatic carbocycles. The number of nitrogens with zero attached hydrogens (tertiary/aromatic N) is 2. The second-order valence-corrected chi connectivity index (χ2v) is 2.74. The van der Waals surface area contributed by atoms with Crippen LogP contribution in [0.2, 0.25) is 0 Å². The highest BCUT2D eigenvalue weighted by atomic mass is 19.1. The summed E-state index contributed by atoms with van der Waals surface area (Å²) in [7, 11) is 1.68. The van der Waals surface area contributed by atoms with E-state index in [1.807, 2.05) is 0 Å². The summed E-state index contributed by atoms with van der Waals surface area (Å²) < 4.78 is 13.2. The van der Waals surface area contributed by atoms with Crippen molar-refractivity contribution in [3.8, 4) is 0 Å². The lowest BCUT2D eigenvalue weighted by molar-refractivity contribution is 0.0941. The second-order valence-electron chi connectivity index (χ2n) is 2.74. The number of alkyl halides is 1. The molecular weight excluding hydrogens is 173 g/mol. The van der Waals surface area contributed by atoms with Gasteiger partial charge in [0.05, 0.1) is 5.69 Å². The maximum absolute atomic E-state index is 11.7. The van der Waals surface area contributed by atoms with Crippen molar-refractivity contribution >= 4 is 5.91 Å². The Kier molecular flexibility index (Phi) is 3.00. The molecule has 0 unspecified atom stereocenters. The third-order valence-corrected chi connectivity index (χ3v) is 1.61. The minimum absolute atomic E-state index is 0.0447. The summed E-state index contributed by atoms with van der Waals surface area (Å²) >= 11 is 0. The van der Waals surface area contributed by atoms with Gasteiger partial charge in [0.25, 0.3) is 5.91 Å². The third kappa shape index (κ3) is 2.27. The van der Waals surface area contributed by atoms with Crippen LogP contribution in [0.15, 0.2) is 6.07 Å². The van der Waals surface area contributed by atoms with E-state index in [2.05, 4.69) is 10.4 Å². The molecule has 0 spiro atoms. The van der Waals surface area contributed by atoms with Gasteiger partial charge in [0, 0.05) is 13.6 Å². The molecule has 4 nitrogen and oxygen atoms in total. The number of amides is 1. The van der Waals surface area contributed by atoms with Crippen molar-refractivity contribution in [1.82, 2.24) is 15.1 Å². The first-order valence-electron chi connectivity index (χ1n) is 4.00. The van der Waals surface area contributed by atoms with Gasteiger partial charge in [0.2, 0.25) is 0 Å². The molecule has 0 radical (unpaired) electrons. The van der Waals surface area contributed by atoms with Crippen LogP contribution < -0.4 is 5.32 Å². The molecule has 1 amide bonds. The summed E-state index contributed by atoms with van der Waals surface area (Å²) in [5.41, 5.74) is 1.22. The van der Waals surface area contributed by atoms with Crippen LogP contribution in [0.3, 0.4) is 0 Å². The van der Waals surface area contributed by atoms with Crippen LogP contribution in [0, 0.1) is 6.92 Å². The lowest BCUT2D eigenvalue weighted by Crippen LogP contribution is -2.27. The summed E-state index contributed by atoms with van der Waals surface area (Å²) in [6.45, 7) is 1.29. The molecule has 1 rings (SSSR count). The monoisotopic (exact) mass is 185 g/mol. The standard InChI is InChI=1S/C8H12FN3O/c1-6-5-7(12(2)11-6)8(13)10-4-3-9/h5H,3-4H2,1-2H3,(H,10,13). The predicted octanol–water partition coefficient (Wildman–Crippen LogP) is 0.428. The molecule has 1 N–H and O–H groups in total. The van der Waals surface area contributed by atoms with Crippen molar-refractivity contribution in [2.75, 3.05) is 13.2 Å². The molecule has 1 aromatic rings. The van der Waals surface area contributed by atoms with Gasteiger partial charge in [-0.05, 0) is 13.0 Å². The van der Waals surface area contributed by atoms with Crippen molar-refractivity contribution in [3.05, 3.63) is 17.5 Å². The van der Waals surface area contributed by atoms with Gasteiger partial charge < -0.3 is 5.32 Å². The zero-order valence-corrected chi connectivity index (χ0v) is 7.67. The molecule has 13 heavy (non-hydrogen) atoms. The van der Waals surface area contributed by atoms with E-state index in [-0.39, 0.29) is 12.5 Å². The fourth-order valence-corrected chi connectivity index (χ4v) is 1.07. The van der Waals surface area contributed by atoms with E-state index >= 15 is 0 Å². The second kappa shape index (κ2) is 4.02. The van der Waals surface area contributed by atoms with Gasteiger partial charge in [0.15, 0.2) is 0 Å². The molecule has 0 saturated carbocycles. The number of aryl methyl sites for hydroxylation is 2. The average molecular weight is 185 g/mol. The number of hydrogen-bond donors (Lipinski definition) is 1. The van der Waals surface area contributed by atoms with E-state index in [4.69, 9.17) is 0 Å². The van der Waals surface area contributed by atoms with Crippen molar-refractivity contribution in [2.24, 2.45) is 7.05 Å². The SMILES string of the molecule is Cc1cc(C(=O)NCCF)n(C)n1. The smallest absolute Gasteiger partial charge is 0.269 e. The molecule has 5 heteroatoms. The molecule has 0 bridgehead atoms. The van der Waals surface area contributed by atoms with E-state index in [0.717, 1.165) is 5.69 Å². The summed E-state index contributed by atoms with van der Waals surface area (Å²) in [5, 5.41) is 6.43. The normalized spacial score (nSPS) is 10.1. The maximum Gasteiger partial charge on any atom is 0.269 e. The van der Waals surface area contributed by atoms with Gasteiger partial charge in [-0.2, -0.15) is 5.10 Å². The minimum Gasteiger partial charge on any atom is -0.348 e. The minimum atomic E-state index is -0.553. The van der Waals surface area contributed by atoms with E-state index in [0.29, 0.717) is 5.69 Å². The summed E-state index contributed by atoms with van der Waals surface area (Å²) in [6, 6.07) is 1.66. The number of rotatable bonds is 3. The summed E-state index contributed by atoms with van der Waals surface area (Å²) in [4.78, 5) is 11.3. The van der Waals surface area contributed by atoms with E-state index in [1.165, 1.54) is 4.68 Å². The van der Waals surface area contributed by atoms with Gasteiger partial charge in [0.1, 0.15) is 12.4 Å². The summed E-state index contributed by atoms with van der Waals surface area (Å²) in [6.07, 6.45) is 0. The number of hydrogen-bond acceptors (Lipinski definition) is 2. The quantitative estimate of drug-likeness (QED) is 0.742. The Labute approximate surface area is 75.7 Å². The fourth-order valence-electron chi connectivity index (χ4n) is 1.07. The zero-order valence-electron chi connectivity index (χ0n) is 7.67. The van der Waals surface area contributed by atoms with E-state index in [1.54, 1.807) is 20.0 Å². The van der Waals surface area contributed by atoms with Crippen LogP contribution in [-0.2, 0) is 7.05 Å². The number of halogens is 1. The van der Waals surface area contributed by atoms with Crippen LogP contribution in [0.25, 0.3) is 0 Å². The predicted molar refractivity (Wildman–Crippen MR) is 46.3 cm³/mol. The highest BCUT2D eigenvalue weighted by Crippen LogP contribution is 2.00. The van der Waals surface area contributed by atoms with Crippen LogP contribution >= 0.6 is 0 Å². The fraction of sp³-hybridized carbons (Fsp3) is 0.500. The van der Waals surface area contributed by atoms with Crippen molar-refractivity contribution in [1.29, 1.82) is 0 Å². The van der Waals surface area contributed by atoms with Crippen molar-refractivity contribution in [2.45, 2.75) is 6.92 Å². The largest absolute Gasteiger partial charge is 0.348 e.